The molecule has 2 N–H and O–H groups in total. The Bertz CT molecular complexity index is 1570. The van der Waals surface area contributed by atoms with E-state index >= 15 is 0 Å². The molecule has 0 unspecified atom stereocenters. The number of anilines is 1. The standard InChI is InChI=1S/C35H37N3O5/c1-6-34(3,4)35-19-29(31(40)42-5)38(32(35)37-28-18-12-11-17-27(28)35)30(39)21(2)36-33(41)43-20-26-24-15-9-7-13-22(24)23-14-8-10-16-25(23)26/h6-18,21,26,29,32,37H,1,19-20H2,2-5H3,(H,36,41)/t21-,29+,32+,35-/m1/s1. The highest BCUT2D eigenvalue weighted by atomic mass is 16.5. The average molecular weight is 580 g/mol. The lowest BCUT2D eigenvalue weighted by Crippen LogP contribution is -2.57. The van der Waals surface area contributed by atoms with E-state index in [0.717, 1.165) is 33.5 Å². The van der Waals surface area contributed by atoms with Crippen molar-refractivity contribution in [2.24, 2.45) is 5.41 Å². The number of methoxy groups -OCH3 is 1. The number of nitrogens with one attached hydrogen (secondary N) is 2. The second-order valence-corrected chi connectivity index (χ2v) is 12.2. The van der Waals surface area contributed by atoms with Gasteiger partial charge in [0.05, 0.1) is 7.11 Å². The minimum atomic E-state index is -0.962. The summed E-state index contributed by atoms with van der Waals surface area (Å²) in [5, 5.41) is 6.23. The van der Waals surface area contributed by atoms with E-state index in [1.807, 2.05) is 54.6 Å². The highest BCUT2D eigenvalue weighted by Gasteiger charge is 2.66. The lowest BCUT2D eigenvalue weighted by atomic mass is 9.60. The van der Waals surface area contributed by atoms with Crippen LogP contribution in [0.15, 0.2) is 85.5 Å². The summed E-state index contributed by atoms with van der Waals surface area (Å²) in [7, 11) is 1.32. The molecule has 0 saturated carbocycles. The minimum Gasteiger partial charge on any atom is -0.467 e. The molecule has 0 aromatic heterocycles. The highest BCUT2D eigenvalue weighted by molar-refractivity contribution is 5.92. The van der Waals surface area contributed by atoms with Gasteiger partial charge in [0.15, 0.2) is 0 Å². The third-order valence-corrected chi connectivity index (χ3v) is 9.73. The van der Waals surface area contributed by atoms with Crippen LogP contribution in [0.25, 0.3) is 11.1 Å². The molecule has 1 saturated heterocycles. The van der Waals surface area contributed by atoms with E-state index in [1.165, 1.54) is 7.11 Å². The molecule has 3 aromatic rings. The summed E-state index contributed by atoms with van der Waals surface area (Å²) >= 11 is 0. The molecule has 2 heterocycles. The van der Waals surface area contributed by atoms with Gasteiger partial charge in [0.1, 0.15) is 24.9 Å². The Hall–Kier alpha value is -4.59. The number of benzene rings is 3. The van der Waals surface area contributed by atoms with Gasteiger partial charge in [-0.1, -0.05) is 86.7 Å². The zero-order valence-corrected chi connectivity index (χ0v) is 24.9. The van der Waals surface area contributed by atoms with Crippen molar-refractivity contribution in [2.75, 3.05) is 19.0 Å². The van der Waals surface area contributed by atoms with Crippen molar-refractivity contribution in [3.63, 3.8) is 0 Å². The second-order valence-electron chi connectivity index (χ2n) is 12.2. The first-order chi connectivity index (χ1) is 20.6. The van der Waals surface area contributed by atoms with Crippen LogP contribution in [0.5, 0.6) is 0 Å². The molecule has 2 amide bonds. The van der Waals surface area contributed by atoms with Gasteiger partial charge in [-0.05, 0) is 52.6 Å². The average Bonchev–Trinajstić information content (AvgIpc) is 3.65. The van der Waals surface area contributed by atoms with E-state index in [4.69, 9.17) is 9.47 Å². The first kappa shape index (κ1) is 28.5. The summed E-state index contributed by atoms with van der Waals surface area (Å²) in [5.74, 6) is -1.01. The molecule has 0 spiro atoms. The van der Waals surface area contributed by atoms with Gasteiger partial charge < -0.3 is 25.0 Å². The molecule has 2 aliphatic heterocycles. The Morgan fingerprint density at radius 3 is 2.28 bits per heavy atom. The Balaban J connectivity index is 1.22. The molecule has 8 heteroatoms. The predicted molar refractivity (Wildman–Crippen MR) is 164 cm³/mol. The van der Waals surface area contributed by atoms with E-state index in [1.54, 1.807) is 11.8 Å². The summed E-state index contributed by atoms with van der Waals surface area (Å²) in [4.78, 5) is 41.9. The number of allylic oxidation sites excluding steroid dienone is 1. The molecular weight excluding hydrogens is 542 g/mol. The lowest BCUT2D eigenvalue weighted by Gasteiger charge is -2.43. The van der Waals surface area contributed by atoms with Crippen LogP contribution in [0.1, 0.15) is 49.8 Å². The van der Waals surface area contributed by atoms with Gasteiger partial charge in [0, 0.05) is 17.0 Å². The molecule has 8 nitrogen and oxygen atoms in total. The Morgan fingerprint density at radius 1 is 1.05 bits per heavy atom. The zero-order valence-electron chi connectivity index (χ0n) is 24.9. The number of alkyl carbamates (subject to hydrolysis) is 1. The molecule has 4 atom stereocenters. The van der Waals surface area contributed by atoms with Gasteiger partial charge in [-0.3, -0.25) is 4.79 Å². The Morgan fingerprint density at radius 2 is 1.65 bits per heavy atom. The van der Waals surface area contributed by atoms with E-state index in [9.17, 15) is 14.4 Å². The number of amides is 2. The van der Waals surface area contributed by atoms with Crippen LogP contribution in [0.3, 0.4) is 0 Å². The van der Waals surface area contributed by atoms with Gasteiger partial charge in [0.25, 0.3) is 0 Å². The molecular formula is C35H37N3O5. The third kappa shape index (κ3) is 4.30. The summed E-state index contributed by atoms with van der Waals surface area (Å²) in [5.41, 5.74) is 5.25. The number of nitrogens with zero attached hydrogens (tertiary/aromatic N) is 1. The van der Waals surface area contributed by atoms with Crippen LogP contribution in [-0.4, -0.2) is 54.8 Å². The number of likely N-dealkylation sites (tertiary alicyclic amines) is 1. The van der Waals surface area contributed by atoms with Crippen LogP contribution in [0, 0.1) is 5.41 Å². The van der Waals surface area contributed by atoms with Gasteiger partial charge >= 0.3 is 12.1 Å². The quantitative estimate of drug-likeness (QED) is 0.280. The maximum atomic E-state index is 14.1. The smallest absolute Gasteiger partial charge is 0.407 e. The Labute approximate surface area is 252 Å². The maximum absolute atomic E-state index is 14.1. The molecule has 222 valence electrons. The van der Waals surface area contributed by atoms with Crippen LogP contribution in [0.4, 0.5) is 10.5 Å². The number of esters is 1. The fourth-order valence-corrected chi connectivity index (χ4v) is 7.39. The van der Waals surface area contributed by atoms with Crippen molar-refractivity contribution in [1.82, 2.24) is 10.2 Å². The predicted octanol–water partition coefficient (Wildman–Crippen LogP) is 5.59. The van der Waals surface area contributed by atoms with Crippen LogP contribution in [0.2, 0.25) is 0 Å². The van der Waals surface area contributed by atoms with E-state index in [0.29, 0.717) is 6.42 Å². The lowest BCUT2D eigenvalue weighted by molar-refractivity contribution is -0.152. The number of carbonyl (C=O) groups excluding carboxylic acids is 3. The fraction of sp³-hybridized carbons (Fsp3) is 0.343. The summed E-state index contributed by atoms with van der Waals surface area (Å²) < 4.78 is 10.9. The van der Waals surface area contributed by atoms with Crippen LogP contribution in [-0.2, 0) is 24.5 Å². The molecule has 6 rings (SSSR count). The largest absolute Gasteiger partial charge is 0.467 e. The molecule has 3 aromatic carbocycles. The highest BCUT2D eigenvalue weighted by Crippen LogP contribution is 2.60. The Kier molecular flexibility index (Phi) is 7.03. The topological polar surface area (TPSA) is 97.0 Å². The minimum absolute atomic E-state index is 0.102. The van der Waals surface area contributed by atoms with Crippen LogP contribution < -0.4 is 10.6 Å². The SMILES string of the molecule is C=CC(C)(C)[C@@]12C[C@@H](C(=O)OC)N(C(=O)[C@@H](C)NC(=O)OCC3c4ccccc4-c4ccccc43)[C@@H]1Nc1ccccc12. The van der Waals surface area contributed by atoms with Crippen molar-refractivity contribution in [3.05, 3.63) is 102 Å². The van der Waals surface area contributed by atoms with Gasteiger partial charge in [-0.15, -0.1) is 6.58 Å². The van der Waals surface area contributed by atoms with Gasteiger partial charge in [-0.25, -0.2) is 9.59 Å². The molecule has 1 fully saturated rings. The molecule has 3 aliphatic rings. The fourth-order valence-electron chi connectivity index (χ4n) is 7.39. The summed E-state index contributed by atoms with van der Waals surface area (Å²) in [6.45, 7) is 9.97. The molecule has 0 radical (unpaired) electrons. The monoisotopic (exact) mass is 579 g/mol. The number of hydrogen-bond donors (Lipinski definition) is 2. The maximum Gasteiger partial charge on any atom is 0.407 e. The number of ether oxygens (including phenoxy) is 2. The molecule has 1 aliphatic carbocycles. The first-order valence-electron chi connectivity index (χ1n) is 14.7. The number of rotatable bonds is 7. The van der Waals surface area contributed by atoms with Crippen molar-refractivity contribution < 1.29 is 23.9 Å². The van der Waals surface area contributed by atoms with Crippen molar-refractivity contribution in [3.8, 4) is 11.1 Å². The van der Waals surface area contributed by atoms with Gasteiger partial charge in [0.2, 0.25) is 5.91 Å². The van der Waals surface area contributed by atoms with Crippen molar-refractivity contribution in [1.29, 1.82) is 0 Å². The number of para-hydroxylation sites is 1. The molecule has 0 bridgehead atoms. The van der Waals surface area contributed by atoms with E-state index in [2.05, 4.69) is 55.3 Å². The molecule has 43 heavy (non-hydrogen) atoms. The summed E-state index contributed by atoms with van der Waals surface area (Å²) in [6.07, 6.45) is 0.972. The third-order valence-electron chi connectivity index (χ3n) is 9.73. The number of carbonyl (C=O) groups is 3. The zero-order chi connectivity index (χ0) is 30.5. The number of fused-ring (bicyclic) bond motifs is 6. The number of hydrogen-bond acceptors (Lipinski definition) is 6. The van der Waals surface area contributed by atoms with E-state index < -0.39 is 47.0 Å². The second kappa shape index (κ2) is 10.6. The van der Waals surface area contributed by atoms with Crippen molar-refractivity contribution in [2.45, 2.75) is 56.8 Å². The summed E-state index contributed by atoms with van der Waals surface area (Å²) in [6, 6.07) is 22.3. The van der Waals surface area contributed by atoms with Gasteiger partial charge in [-0.2, -0.15) is 0 Å². The normalized spacial score (nSPS) is 22.4. The first-order valence-corrected chi connectivity index (χ1v) is 14.7. The van der Waals surface area contributed by atoms with E-state index in [-0.39, 0.29) is 12.5 Å². The van der Waals surface area contributed by atoms with Crippen molar-refractivity contribution >= 4 is 23.7 Å². The van der Waals surface area contributed by atoms with Crippen LogP contribution >= 0.6 is 0 Å².